The highest BCUT2D eigenvalue weighted by Gasteiger charge is 2.38. The van der Waals surface area contributed by atoms with Crippen molar-refractivity contribution >= 4 is 23.5 Å². The Labute approximate surface area is 145 Å². The Morgan fingerprint density at radius 2 is 1.88 bits per heavy atom. The lowest BCUT2D eigenvalue weighted by atomic mass is 10.0. The van der Waals surface area contributed by atoms with Crippen LogP contribution in [-0.4, -0.2) is 29.1 Å². The molecule has 0 saturated carbocycles. The van der Waals surface area contributed by atoms with Crippen molar-refractivity contribution in [1.82, 2.24) is 10.2 Å². The molecule has 0 bridgehead atoms. The molecule has 26 heavy (non-hydrogen) atoms. The lowest BCUT2D eigenvalue weighted by Crippen LogP contribution is -2.31. The van der Waals surface area contributed by atoms with Gasteiger partial charge in [-0.25, -0.2) is 0 Å². The summed E-state index contributed by atoms with van der Waals surface area (Å²) in [5.74, 6) is -1.36. The van der Waals surface area contributed by atoms with Gasteiger partial charge in [0.25, 0.3) is 5.91 Å². The highest BCUT2D eigenvalue weighted by molar-refractivity contribution is 6.06. The summed E-state index contributed by atoms with van der Waals surface area (Å²) in [6.07, 6.45) is -4.76. The van der Waals surface area contributed by atoms with Crippen LogP contribution in [0.2, 0.25) is 0 Å². The van der Waals surface area contributed by atoms with E-state index < -0.39 is 29.2 Å². The second kappa shape index (κ2) is 7.12. The molecule has 0 atom stereocenters. The molecule has 2 amide bonds. The average molecular weight is 372 g/mol. The number of aromatic nitrogens is 2. The van der Waals surface area contributed by atoms with E-state index in [9.17, 15) is 22.8 Å². The molecule has 140 valence electrons. The molecule has 0 unspecified atom stereocenters. The van der Waals surface area contributed by atoms with Crippen LogP contribution in [0.1, 0.15) is 34.3 Å². The number of carbonyl (C=O) groups excluding carboxylic acids is 2. The van der Waals surface area contributed by atoms with Crippen molar-refractivity contribution in [2.45, 2.75) is 26.9 Å². The van der Waals surface area contributed by atoms with E-state index in [4.69, 9.17) is 9.25 Å². The van der Waals surface area contributed by atoms with E-state index in [1.165, 1.54) is 13.8 Å². The van der Waals surface area contributed by atoms with Crippen molar-refractivity contribution in [3.63, 3.8) is 0 Å². The Morgan fingerprint density at radius 3 is 2.35 bits per heavy atom. The zero-order valence-corrected chi connectivity index (χ0v) is 14.3. The summed E-state index contributed by atoms with van der Waals surface area (Å²) in [5, 5.41) is 9.88. The van der Waals surface area contributed by atoms with Gasteiger partial charge in [0.1, 0.15) is 0 Å². The van der Waals surface area contributed by atoms with Gasteiger partial charge in [-0.2, -0.15) is 18.2 Å². The molecule has 0 spiro atoms. The minimum absolute atomic E-state index is 0.106. The maximum atomic E-state index is 13.3. The van der Waals surface area contributed by atoms with Gasteiger partial charge in [0, 0.05) is 19.4 Å². The summed E-state index contributed by atoms with van der Waals surface area (Å²) in [7, 11) is 1.05. The number of alkyl halides is 3. The molecule has 1 heterocycles. The highest BCUT2D eigenvalue weighted by Crippen LogP contribution is 2.40. The van der Waals surface area contributed by atoms with Gasteiger partial charge in [-0.05, 0) is 24.6 Å². The zero-order chi connectivity index (χ0) is 19.6. The van der Waals surface area contributed by atoms with E-state index in [1.54, 1.807) is 0 Å². The second-order valence-corrected chi connectivity index (χ2v) is 5.21. The molecule has 0 aliphatic heterocycles. The van der Waals surface area contributed by atoms with Gasteiger partial charge in [0.05, 0.1) is 18.4 Å². The number of benzene rings is 1. The van der Waals surface area contributed by atoms with Crippen LogP contribution in [0.3, 0.4) is 0 Å². The molecule has 2 rings (SSSR count). The molecule has 1 aromatic heterocycles. The Bertz CT molecular complexity index is 848. The molecule has 1 N–H and O–H groups in total. The first-order chi connectivity index (χ1) is 12.1. The number of aryl methyl sites for hydroxylation is 1. The Kier molecular flexibility index (Phi) is 5.30. The van der Waals surface area contributed by atoms with Gasteiger partial charge in [-0.3, -0.25) is 19.7 Å². The van der Waals surface area contributed by atoms with E-state index in [0.29, 0.717) is 11.1 Å². The number of nitrogens with one attached hydrogen (secondary N) is 1. The third kappa shape index (κ3) is 3.82. The number of hydroxylamine groups is 1. The summed E-state index contributed by atoms with van der Waals surface area (Å²) in [6, 6.07) is 1.49. The summed E-state index contributed by atoms with van der Waals surface area (Å²) in [5.41, 5.74) is -1.91. The van der Waals surface area contributed by atoms with E-state index in [2.05, 4.69) is 15.5 Å². The van der Waals surface area contributed by atoms with E-state index in [-0.39, 0.29) is 23.0 Å². The Hall–Kier alpha value is -2.95. The van der Waals surface area contributed by atoms with Crippen molar-refractivity contribution in [2.24, 2.45) is 0 Å². The van der Waals surface area contributed by atoms with Crippen molar-refractivity contribution < 1.29 is 32.0 Å². The number of halogens is 3. The van der Waals surface area contributed by atoms with Crippen molar-refractivity contribution in [1.29, 1.82) is 0 Å². The Morgan fingerprint density at radius 1 is 1.23 bits per heavy atom. The molecule has 8 nitrogen and oxygen atoms in total. The molecule has 1 aromatic carbocycles. The second-order valence-electron chi connectivity index (χ2n) is 5.21. The van der Waals surface area contributed by atoms with E-state index >= 15 is 0 Å². The van der Waals surface area contributed by atoms with Gasteiger partial charge in [0.15, 0.2) is 0 Å². The summed E-state index contributed by atoms with van der Waals surface area (Å²) in [6.45, 7) is 3.82. The predicted octanol–water partition coefficient (Wildman–Crippen LogP) is 2.87. The lowest BCUT2D eigenvalue weighted by Gasteiger charge is -2.25. The molecule has 0 aliphatic rings. The number of hydrogen-bond donors (Lipinski definition) is 1. The van der Waals surface area contributed by atoms with Crippen molar-refractivity contribution in [3.8, 4) is 0 Å². The number of nitrogens with zero attached hydrogens (tertiary/aromatic N) is 3. The van der Waals surface area contributed by atoms with Crippen LogP contribution < -0.4 is 10.4 Å². The average Bonchev–Trinajstić information content (AvgIpc) is 2.92. The van der Waals surface area contributed by atoms with Crippen LogP contribution >= 0.6 is 0 Å². The largest absolute Gasteiger partial charge is 0.418 e. The summed E-state index contributed by atoms with van der Waals surface area (Å²) >= 11 is 0. The smallest absolute Gasteiger partial charge is 0.408 e. The third-order valence-corrected chi connectivity index (χ3v) is 3.40. The van der Waals surface area contributed by atoms with Crippen LogP contribution in [0.5, 0.6) is 0 Å². The van der Waals surface area contributed by atoms with Crippen molar-refractivity contribution in [3.05, 3.63) is 34.7 Å². The fourth-order valence-electron chi connectivity index (χ4n) is 2.33. The van der Waals surface area contributed by atoms with Gasteiger partial charge < -0.3 is 4.42 Å². The number of rotatable bonds is 4. The molecule has 11 heteroatoms. The zero-order valence-electron chi connectivity index (χ0n) is 14.3. The maximum Gasteiger partial charge on any atom is 0.418 e. The van der Waals surface area contributed by atoms with Crippen LogP contribution in [-0.2, 0) is 15.8 Å². The SMILES string of the molecule is CON(C(C)=O)c1c(C(F)(F)F)ccc(C(=O)Nc2nnc(C)o2)c1C. The molecule has 0 fully saturated rings. The highest BCUT2D eigenvalue weighted by atomic mass is 19.4. The first-order valence-electron chi connectivity index (χ1n) is 7.23. The van der Waals surface area contributed by atoms with E-state index in [0.717, 1.165) is 20.1 Å². The number of amides is 2. The molecular weight excluding hydrogens is 357 g/mol. The van der Waals surface area contributed by atoms with Gasteiger partial charge in [-0.1, -0.05) is 5.10 Å². The van der Waals surface area contributed by atoms with Crippen molar-refractivity contribution in [2.75, 3.05) is 17.5 Å². The third-order valence-electron chi connectivity index (χ3n) is 3.40. The topological polar surface area (TPSA) is 97.6 Å². The standard InChI is InChI=1S/C15H15F3N4O4/c1-7-10(13(24)19-14-21-20-8(2)26-14)5-6-11(15(16,17)18)12(7)22(25-4)9(3)23/h5-6H,1-4H3,(H,19,21,24). The number of hydrogen-bond acceptors (Lipinski definition) is 6. The number of anilines is 2. The lowest BCUT2D eigenvalue weighted by molar-refractivity contribution is -0.138. The molecule has 0 saturated heterocycles. The fourth-order valence-corrected chi connectivity index (χ4v) is 2.33. The van der Waals surface area contributed by atoms with Crippen LogP contribution in [0.15, 0.2) is 16.5 Å². The quantitative estimate of drug-likeness (QED) is 0.829. The minimum atomic E-state index is -4.76. The van der Waals surface area contributed by atoms with E-state index in [1.807, 2.05) is 0 Å². The Balaban J connectivity index is 2.55. The summed E-state index contributed by atoms with van der Waals surface area (Å²) in [4.78, 5) is 28.8. The van der Waals surface area contributed by atoms with Gasteiger partial charge in [-0.15, -0.1) is 5.10 Å². The molecule has 2 aromatic rings. The fraction of sp³-hybridized carbons (Fsp3) is 0.333. The van der Waals surface area contributed by atoms with Crippen LogP contribution in [0.25, 0.3) is 0 Å². The molecule has 0 radical (unpaired) electrons. The van der Waals surface area contributed by atoms with Gasteiger partial charge in [0.2, 0.25) is 11.8 Å². The first-order valence-corrected chi connectivity index (χ1v) is 7.23. The predicted molar refractivity (Wildman–Crippen MR) is 83.3 cm³/mol. The molecule has 0 aliphatic carbocycles. The normalized spacial score (nSPS) is 11.3. The van der Waals surface area contributed by atoms with Crippen LogP contribution in [0.4, 0.5) is 24.9 Å². The molecular formula is C15H15F3N4O4. The number of carbonyl (C=O) groups is 2. The minimum Gasteiger partial charge on any atom is -0.408 e. The maximum absolute atomic E-state index is 13.3. The van der Waals surface area contributed by atoms with Gasteiger partial charge >= 0.3 is 12.2 Å². The van der Waals surface area contributed by atoms with Crippen LogP contribution in [0, 0.1) is 13.8 Å². The summed E-state index contributed by atoms with van der Waals surface area (Å²) < 4.78 is 45.0. The monoisotopic (exact) mass is 372 g/mol. The first kappa shape index (κ1) is 19.4.